The van der Waals surface area contributed by atoms with Gasteiger partial charge in [0.15, 0.2) is 0 Å². The molecule has 2 rings (SSSR count). The molecule has 1 unspecified atom stereocenters. The maximum absolute atomic E-state index is 12.1. The number of amides is 1. The van der Waals surface area contributed by atoms with E-state index in [0.717, 1.165) is 17.1 Å². The molecule has 24 heavy (non-hydrogen) atoms. The van der Waals surface area contributed by atoms with Gasteiger partial charge in [0, 0.05) is 0 Å². The number of hydrogen-bond acceptors (Lipinski definition) is 5. The molecule has 6 heteroatoms. The Balaban J connectivity index is 1.88. The molecule has 1 N–H and O–H groups in total. The normalized spacial score (nSPS) is 17.3. The molecule has 1 amide bonds. The number of benzene rings is 1. The molecule has 0 spiro atoms. The Kier molecular flexibility index (Phi) is 7.78. The topological polar surface area (TPSA) is 47.6 Å². The standard InChI is InChI=1S/C18H27NO3S2/c1-18(2,3)22-17(20)19-15(16-23-10-7-11-24-16)13-21-12-14-8-5-4-6-9-14/h4-6,8-9,15-16H,7,10-13H2,1-3H3,(H,19,20). The van der Waals surface area contributed by atoms with E-state index in [1.807, 2.05) is 74.6 Å². The number of carbonyl (C=O) groups is 1. The predicted molar refractivity (Wildman–Crippen MR) is 103 cm³/mol. The third-order valence-electron chi connectivity index (χ3n) is 3.29. The lowest BCUT2D eigenvalue weighted by atomic mass is 10.2. The first-order chi connectivity index (χ1) is 11.4. The second-order valence-corrected chi connectivity index (χ2v) is 9.51. The minimum Gasteiger partial charge on any atom is -0.444 e. The molecule has 1 saturated heterocycles. The number of nitrogens with one attached hydrogen (secondary N) is 1. The van der Waals surface area contributed by atoms with Gasteiger partial charge in [-0.2, -0.15) is 0 Å². The van der Waals surface area contributed by atoms with Crippen molar-refractivity contribution < 1.29 is 14.3 Å². The number of ether oxygens (including phenoxy) is 2. The molecule has 0 aliphatic carbocycles. The first kappa shape index (κ1) is 19.5. The van der Waals surface area contributed by atoms with Crippen molar-refractivity contribution in [3.63, 3.8) is 0 Å². The van der Waals surface area contributed by atoms with Crippen molar-refractivity contribution in [2.24, 2.45) is 0 Å². The van der Waals surface area contributed by atoms with Gasteiger partial charge in [-0.05, 0) is 44.3 Å². The Morgan fingerprint density at radius 1 is 1.25 bits per heavy atom. The average molecular weight is 370 g/mol. The molecule has 1 aromatic rings. The average Bonchev–Trinajstić information content (AvgIpc) is 2.54. The van der Waals surface area contributed by atoms with Crippen LogP contribution in [0.4, 0.5) is 4.79 Å². The fraction of sp³-hybridized carbons (Fsp3) is 0.611. The van der Waals surface area contributed by atoms with E-state index < -0.39 is 5.60 Å². The van der Waals surface area contributed by atoms with Crippen LogP contribution in [-0.2, 0) is 16.1 Å². The number of carbonyl (C=O) groups excluding carboxylic acids is 1. The fourth-order valence-electron chi connectivity index (χ4n) is 2.26. The van der Waals surface area contributed by atoms with Gasteiger partial charge < -0.3 is 14.8 Å². The number of hydrogen-bond donors (Lipinski definition) is 1. The minimum absolute atomic E-state index is 0.0566. The lowest BCUT2D eigenvalue weighted by Crippen LogP contribution is -2.46. The molecule has 1 aliphatic heterocycles. The molecular weight excluding hydrogens is 342 g/mol. The second-order valence-electron chi connectivity index (χ2n) is 6.72. The van der Waals surface area contributed by atoms with Gasteiger partial charge in [-0.1, -0.05) is 30.3 Å². The Labute approximate surface area is 153 Å². The van der Waals surface area contributed by atoms with Crippen LogP contribution in [-0.4, -0.2) is 40.4 Å². The molecule has 0 saturated carbocycles. The summed E-state index contributed by atoms with van der Waals surface area (Å²) in [5, 5.41) is 3.00. The SMILES string of the molecule is CC(C)(C)OC(=O)NC(COCc1ccccc1)C1SCCCS1. The summed E-state index contributed by atoms with van der Waals surface area (Å²) in [6.45, 7) is 6.65. The van der Waals surface area contributed by atoms with E-state index in [9.17, 15) is 4.79 Å². The van der Waals surface area contributed by atoms with Crippen LogP contribution in [0.2, 0.25) is 0 Å². The highest BCUT2D eigenvalue weighted by Crippen LogP contribution is 2.33. The van der Waals surface area contributed by atoms with E-state index in [1.165, 1.54) is 6.42 Å². The van der Waals surface area contributed by atoms with E-state index in [2.05, 4.69) is 5.32 Å². The molecular formula is C18H27NO3S2. The minimum atomic E-state index is -0.494. The summed E-state index contributed by atoms with van der Waals surface area (Å²) < 4.78 is 11.6. The van der Waals surface area contributed by atoms with Crippen molar-refractivity contribution in [3.8, 4) is 0 Å². The molecule has 1 fully saturated rings. The van der Waals surface area contributed by atoms with E-state index in [-0.39, 0.29) is 12.1 Å². The van der Waals surface area contributed by atoms with Crippen LogP contribution in [0.3, 0.4) is 0 Å². The molecule has 4 nitrogen and oxygen atoms in total. The highest BCUT2D eigenvalue weighted by Gasteiger charge is 2.28. The van der Waals surface area contributed by atoms with Gasteiger partial charge >= 0.3 is 6.09 Å². The fourth-order valence-corrected chi connectivity index (χ4v) is 5.25. The molecule has 0 aromatic heterocycles. The summed E-state index contributed by atoms with van der Waals surface area (Å²) in [6.07, 6.45) is 0.846. The quantitative estimate of drug-likeness (QED) is 0.810. The van der Waals surface area contributed by atoms with Crippen molar-refractivity contribution in [2.75, 3.05) is 18.1 Å². The third-order valence-corrected chi connectivity index (χ3v) is 6.47. The van der Waals surface area contributed by atoms with Gasteiger partial charge in [0.1, 0.15) is 5.60 Å². The van der Waals surface area contributed by atoms with Gasteiger partial charge in [-0.3, -0.25) is 0 Å². The lowest BCUT2D eigenvalue weighted by molar-refractivity contribution is 0.0440. The summed E-state index contributed by atoms with van der Waals surface area (Å²) in [6, 6.07) is 10.0. The summed E-state index contributed by atoms with van der Waals surface area (Å²) in [7, 11) is 0. The first-order valence-electron chi connectivity index (χ1n) is 8.28. The monoisotopic (exact) mass is 369 g/mol. The zero-order valence-electron chi connectivity index (χ0n) is 14.6. The van der Waals surface area contributed by atoms with E-state index in [4.69, 9.17) is 9.47 Å². The van der Waals surface area contributed by atoms with Gasteiger partial charge in [-0.25, -0.2) is 4.79 Å². The van der Waals surface area contributed by atoms with Gasteiger partial charge in [-0.15, -0.1) is 23.5 Å². The molecule has 1 atom stereocenters. The second kappa shape index (κ2) is 9.59. The van der Waals surface area contributed by atoms with Crippen molar-refractivity contribution in [3.05, 3.63) is 35.9 Å². The summed E-state index contributed by atoms with van der Waals surface area (Å²) in [4.78, 5) is 12.1. The zero-order valence-corrected chi connectivity index (χ0v) is 16.3. The Hall–Kier alpha value is -0.850. The summed E-state index contributed by atoms with van der Waals surface area (Å²) in [5.74, 6) is 2.26. The van der Waals surface area contributed by atoms with Gasteiger partial charge in [0.05, 0.1) is 23.8 Å². The van der Waals surface area contributed by atoms with Crippen molar-refractivity contribution >= 4 is 29.6 Å². The number of rotatable bonds is 6. The highest BCUT2D eigenvalue weighted by molar-refractivity contribution is 8.17. The van der Waals surface area contributed by atoms with Crippen LogP contribution in [0.5, 0.6) is 0 Å². The Bertz CT molecular complexity index is 499. The van der Waals surface area contributed by atoms with Crippen molar-refractivity contribution in [1.82, 2.24) is 5.32 Å². The Morgan fingerprint density at radius 2 is 1.92 bits per heavy atom. The number of alkyl carbamates (subject to hydrolysis) is 1. The largest absolute Gasteiger partial charge is 0.444 e. The summed E-state index contributed by atoms with van der Waals surface area (Å²) in [5.41, 5.74) is 0.643. The predicted octanol–water partition coefficient (Wildman–Crippen LogP) is 4.29. The molecule has 0 radical (unpaired) electrons. The summed E-state index contributed by atoms with van der Waals surface area (Å²) >= 11 is 3.78. The van der Waals surface area contributed by atoms with Crippen molar-refractivity contribution in [2.45, 2.75) is 50.0 Å². The van der Waals surface area contributed by atoms with Gasteiger partial charge in [0.2, 0.25) is 0 Å². The van der Waals surface area contributed by atoms with E-state index in [1.54, 1.807) is 0 Å². The van der Waals surface area contributed by atoms with Crippen LogP contribution in [0, 0.1) is 0 Å². The van der Waals surface area contributed by atoms with E-state index in [0.29, 0.717) is 17.8 Å². The lowest BCUT2D eigenvalue weighted by Gasteiger charge is -2.30. The smallest absolute Gasteiger partial charge is 0.408 e. The maximum atomic E-state index is 12.1. The third kappa shape index (κ3) is 7.36. The molecule has 134 valence electrons. The molecule has 1 aromatic carbocycles. The van der Waals surface area contributed by atoms with Gasteiger partial charge in [0.25, 0.3) is 0 Å². The molecule has 1 aliphatic rings. The van der Waals surface area contributed by atoms with Crippen LogP contribution in [0.1, 0.15) is 32.8 Å². The van der Waals surface area contributed by atoms with Crippen LogP contribution >= 0.6 is 23.5 Å². The highest BCUT2D eigenvalue weighted by atomic mass is 32.2. The zero-order chi connectivity index (χ0) is 17.4. The van der Waals surface area contributed by atoms with Crippen molar-refractivity contribution in [1.29, 1.82) is 0 Å². The Morgan fingerprint density at radius 3 is 2.54 bits per heavy atom. The number of thioether (sulfide) groups is 2. The van der Waals surface area contributed by atoms with Crippen LogP contribution in [0.25, 0.3) is 0 Å². The van der Waals surface area contributed by atoms with Crippen LogP contribution in [0.15, 0.2) is 30.3 Å². The first-order valence-corrected chi connectivity index (χ1v) is 10.4. The molecule has 0 bridgehead atoms. The maximum Gasteiger partial charge on any atom is 0.408 e. The molecule has 1 heterocycles. The van der Waals surface area contributed by atoms with E-state index >= 15 is 0 Å². The van der Waals surface area contributed by atoms with Crippen LogP contribution < -0.4 is 5.32 Å².